The van der Waals surface area contributed by atoms with Gasteiger partial charge in [0, 0.05) is 58.5 Å². The molecule has 3 aromatic rings. The fraction of sp³-hybridized carbons (Fsp3) is 0.382. The number of pyridine rings is 1. The summed E-state index contributed by atoms with van der Waals surface area (Å²) < 4.78 is 10.6. The number of nitrogens with zero attached hydrogens (tertiary/aromatic N) is 2. The van der Waals surface area contributed by atoms with Crippen molar-refractivity contribution in [3.63, 3.8) is 0 Å². The number of nitrogens with one attached hydrogen (secondary N) is 3. The van der Waals surface area contributed by atoms with E-state index < -0.39 is 17.8 Å². The molecule has 12 heteroatoms. The maximum atomic E-state index is 14.0. The Morgan fingerprint density at radius 3 is 2.76 bits per heavy atom. The molecule has 4 amide bonds. The second kappa shape index (κ2) is 13.0. The number of rotatable bonds is 3. The summed E-state index contributed by atoms with van der Waals surface area (Å²) in [6, 6.07) is 14.4. The molecule has 0 radical (unpaired) electrons. The third-order valence-electron chi connectivity index (χ3n) is 9.08. The molecule has 4 heterocycles. The van der Waals surface area contributed by atoms with E-state index in [-0.39, 0.29) is 36.6 Å². The molecule has 46 heavy (non-hydrogen) atoms. The van der Waals surface area contributed by atoms with Gasteiger partial charge >= 0.3 is 12.2 Å². The fourth-order valence-electron chi connectivity index (χ4n) is 6.65. The van der Waals surface area contributed by atoms with Gasteiger partial charge in [-0.15, -0.1) is 0 Å². The van der Waals surface area contributed by atoms with Crippen molar-refractivity contribution in [3.8, 4) is 11.1 Å². The van der Waals surface area contributed by atoms with Crippen molar-refractivity contribution in [2.45, 2.75) is 57.0 Å². The Labute approximate surface area is 272 Å². The highest BCUT2D eigenvalue weighted by molar-refractivity contribution is 6.30. The van der Waals surface area contributed by atoms with E-state index >= 15 is 0 Å². The number of carbonyl (C=O) groups excluding carboxylic acids is 4. The van der Waals surface area contributed by atoms with Crippen LogP contribution in [-0.2, 0) is 24.7 Å². The number of ether oxygens (including phenoxy) is 2. The smallest absolute Gasteiger partial charge is 0.412 e. The van der Waals surface area contributed by atoms with E-state index in [2.05, 4.69) is 16.0 Å². The molecule has 1 saturated heterocycles. The molecule has 1 spiro atoms. The monoisotopic (exact) mass is 645 g/mol. The predicted molar refractivity (Wildman–Crippen MR) is 174 cm³/mol. The van der Waals surface area contributed by atoms with Gasteiger partial charge in [0.2, 0.25) is 11.8 Å². The number of anilines is 3. The van der Waals surface area contributed by atoms with E-state index in [9.17, 15) is 19.2 Å². The Morgan fingerprint density at radius 1 is 1.09 bits per heavy atom. The van der Waals surface area contributed by atoms with E-state index in [1.165, 1.54) is 7.11 Å². The fourth-order valence-corrected chi connectivity index (χ4v) is 6.82. The quantitative estimate of drug-likeness (QED) is 0.282. The SMILES string of the molecule is COC(=O)Nc1ccc2c(c1)NC(=O)[C@H](C)CCC[C@H](CC(=O)N1CCC[C@@]3(C1)OC(=O)Nc1ccc(Cl)cc13)c1cc-2ccn1. The number of likely N-dealkylation sites (tertiary alicyclic amines) is 1. The number of methoxy groups -OCH3 is 1. The van der Waals surface area contributed by atoms with Crippen LogP contribution in [0.4, 0.5) is 26.7 Å². The largest absolute Gasteiger partial charge is 0.453 e. The summed E-state index contributed by atoms with van der Waals surface area (Å²) in [6.07, 6.45) is 4.04. The molecule has 3 atom stereocenters. The molecule has 6 rings (SSSR count). The molecule has 3 aliphatic heterocycles. The number of fused-ring (bicyclic) bond motifs is 6. The lowest BCUT2D eigenvalue weighted by Gasteiger charge is -2.45. The van der Waals surface area contributed by atoms with E-state index in [0.717, 1.165) is 22.4 Å². The summed E-state index contributed by atoms with van der Waals surface area (Å²) in [7, 11) is 1.28. The lowest BCUT2D eigenvalue weighted by Crippen LogP contribution is -2.53. The summed E-state index contributed by atoms with van der Waals surface area (Å²) in [5, 5.41) is 8.96. The first kappa shape index (κ1) is 31.3. The summed E-state index contributed by atoms with van der Waals surface area (Å²) in [5.41, 5.74) is 3.82. The van der Waals surface area contributed by atoms with E-state index in [0.29, 0.717) is 60.7 Å². The van der Waals surface area contributed by atoms with Gasteiger partial charge in [-0.05, 0) is 73.7 Å². The van der Waals surface area contributed by atoms with Crippen molar-refractivity contribution >= 4 is 52.7 Å². The molecule has 2 aromatic carbocycles. The molecule has 240 valence electrons. The van der Waals surface area contributed by atoms with Crippen LogP contribution in [0, 0.1) is 5.92 Å². The lowest BCUT2D eigenvalue weighted by molar-refractivity contribution is -0.139. The van der Waals surface area contributed by atoms with Gasteiger partial charge in [-0.2, -0.15) is 0 Å². The van der Waals surface area contributed by atoms with Crippen LogP contribution in [0.1, 0.15) is 62.6 Å². The molecular weight excluding hydrogens is 610 g/mol. The van der Waals surface area contributed by atoms with Gasteiger partial charge in [0.25, 0.3) is 0 Å². The van der Waals surface area contributed by atoms with Crippen LogP contribution >= 0.6 is 11.6 Å². The highest BCUT2D eigenvalue weighted by Gasteiger charge is 2.46. The molecule has 11 nitrogen and oxygen atoms in total. The minimum Gasteiger partial charge on any atom is -0.453 e. The Kier molecular flexibility index (Phi) is 8.86. The number of hydrogen-bond acceptors (Lipinski definition) is 7. The number of amides is 4. The Balaban J connectivity index is 1.28. The summed E-state index contributed by atoms with van der Waals surface area (Å²) >= 11 is 6.33. The number of piperidine rings is 1. The summed E-state index contributed by atoms with van der Waals surface area (Å²) in [6.45, 7) is 2.67. The standard InChI is InChI=1S/C34H36ClN5O6/c1-20-5-3-6-22(16-30(41)40-14-4-12-34(19-40)26-17-23(35)7-10-27(26)39-33(44)46-34)28-15-21(11-13-36-28)25-9-8-24(37-32(43)45-2)18-29(25)38-31(20)42/h7-11,13,15,17-18,20,22H,3-6,12,14,16,19H2,1-2H3,(H,37,43)(H,38,42)(H,39,44)/t20-,22-,34+/m1/s1. The molecule has 0 aliphatic carbocycles. The zero-order valence-electron chi connectivity index (χ0n) is 25.7. The first-order valence-electron chi connectivity index (χ1n) is 15.5. The number of halogens is 1. The Hall–Kier alpha value is -4.64. The number of hydrogen-bond donors (Lipinski definition) is 3. The average Bonchev–Trinajstić information content (AvgIpc) is 3.04. The average molecular weight is 646 g/mol. The minimum atomic E-state index is -0.977. The summed E-state index contributed by atoms with van der Waals surface area (Å²) in [5.74, 6) is -0.655. The Bertz CT molecular complexity index is 1700. The van der Waals surface area contributed by atoms with Crippen LogP contribution < -0.4 is 16.0 Å². The highest BCUT2D eigenvalue weighted by atomic mass is 35.5. The molecule has 3 aliphatic rings. The van der Waals surface area contributed by atoms with Crippen LogP contribution in [-0.4, -0.2) is 54.1 Å². The van der Waals surface area contributed by atoms with Crippen LogP contribution in [0.5, 0.6) is 0 Å². The zero-order chi connectivity index (χ0) is 32.4. The van der Waals surface area contributed by atoms with Crippen LogP contribution in [0.25, 0.3) is 11.1 Å². The molecule has 3 N–H and O–H groups in total. The van der Waals surface area contributed by atoms with Gasteiger partial charge in [-0.1, -0.05) is 31.0 Å². The van der Waals surface area contributed by atoms with Gasteiger partial charge in [-0.25, -0.2) is 9.59 Å². The van der Waals surface area contributed by atoms with Crippen LogP contribution in [0.15, 0.2) is 54.7 Å². The minimum absolute atomic E-state index is 0.0498. The van der Waals surface area contributed by atoms with Crippen molar-refractivity contribution in [2.24, 2.45) is 5.92 Å². The van der Waals surface area contributed by atoms with Gasteiger partial charge < -0.3 is 19.7 Å². The van der Waals surface area contributed by atoms with E-state index in [4.69, 9.17) is 26.1 Å². The maximum Gasteiger partial charge on any atom is 0.412 e. The molecule has 0 unspecified atom stereocenters. The normalized spacial score (nSPS) is 22.5. The van der Waals surface area contributed by atoms with Crippen molar-refractivity contribution < 1.29 is 28.7 Å². The summed E-state index contributed by atoms with van der Waals surface area (Å²) in [4.78, 5) is 58.1. The van der Waals surface area contributed by atoms with E-state index in [1.54, 1.807) is 41.4 Å². The molecular formula is C34H36ClN5O6. The maximum absolute atomic E-state index is 14.0. The van der Waals surface area contributed by atoms with Crippen molar-refractivity contribution in [1.82, 2.24) is 9.88 Å². The van der Waals surface area contributed by atoms with Crippen LogP contribution in [0.2, 0.25) is 5.02 Å². The predicted octanol–water partition coefficient (Wildman–Crippen LogP) is 6.89. The second-order valence-corrected chi connectivity index (χ2v) is 12.6. The number of aromatic nitrogens is 1. The first-order valence-corrected chi connectivity index (χ1v) is 15.9. The van der Waals surface area contributed by atoms with Gasteiger partial charge in [0.05, 0.1) is 25.0 Å². The van der Waals surface area contributed by atoms with Gasteiger partial charge in [0.1, 0.15) is 0 Å². The lowest BCUT2D eigenvalue weighted by atomic mass is 9.83. The van der Waals surface area contributed by atoms with Crippen molar-refractivity contribution in [2.75, 3.05) is 36.1 Å². The third kappa shape index (κ3) is 6.50. The van der Waals surface area contributed by atoms with E-state index in [1.807, 2.05) is 25.1 Å². The van der Waals surface area contributed by atoms with Crippen molar-refractivity contribution in [1.29, 1.82) is 0 Å². The first-order chi connectivity index (χ1) is 22.1. The van der Waals surface area contributed by atoms with Crippen LogP contribution in [0.3, 0.4) is 0 Å². The number of benzene rings is 2. The molecule has 2 bridgehead atoms. The topological polar surface area (TPSA) is 139 Å². The Morgan fingerprint density at radius 2 is 1.93 bits per heavy atom. The third-order valence-corrected chi connectivity index (χ3v) is 9.32. The molecule has 1 fully saturated rings. The van der Waals surface area contributed by atoms with Gasteiger partial charge in [0.15, 0.2) is 5.60 Å². The molecule has 1 aromatic heterocycles. The molecule has 0 saturated carbocycles. The number of carbonyl (C=O) groups is 4. The van der Waals surface area contributed by atoms with Gasteiger partial charge in [-0.3, -0.25) is 25.2 Å². The highest BCUT2D eigenvalue weighted by Crippen LogP contribution is 2.44. The van der Waals surface area contributed by atoms with Crippen molar-refractivity contribution in [3.05, 3.63) is 71.0 Å². The zero-order valence-corrected chi connectivity index (χ0v) is 26.5. The second-order valence-electron chi connectivity index (χ2n) is 12.2.